The summed E-state index contributed by atoms with van der Waals surface area (Å²) in [5.41, 5.74) is 2.44. The third kappa shape index (κ3) is 1.41. The third-order valence-electron chi connectivity index (χ3n) is 5.39. The van der Waals surface area contributed by atoms with Gasteiger partial charge in [0, 0.05) is 0 Å². The van der Waals surface area contributed by atoms with Crippen molar-refractivity contribution in [3.8, 4) is 0 Å². The molecular weight excluding hydrogens is 306 g/mol. The van der Waals surface area contributed by atoms with Gasteiger partial charge in [-0.1, -0.05) is 42.5 Å². The van der Waals surface area contributed by atoms with Crippen molar-refractivity contribution in [1.29, 1.82) is 0 Å². The van der Waals surface area contributed by atoms with Crippen molar-refractivity contribution in [3.63, 3.8) is 0 Å². The van der Waals surface area contributed by atoms with Gasteiger partial charge in [-0.25, -0.2) is 9.91 Å². The summed E-state index contributed by atoms with van der Waals surface area (Å²) in [6.45, 7) is 0. The average Bonchev–Trinajstić information content (AvgIpc) is 3.21. The Morgan fingerprint density at radius 1 is 0.750 bits per heavy atom. The first kappa shape index (κ1) is 13.4. The predicted octanol–water partition coefficient (Wildman–Crippen LogP) is 2.59. The Morgan fingerprint density at radius 2 is 1.25 bits per heavy atom. The smallest absolute Gasteiger partial charge is 0.240 e. The second-order valence-corrected chi connectivity index (χ2v) is 6.38. The zero-order chi connectivity index (χ0) is 16.4. The molecule has 3 heterocycles. The summed E-state index contributed by atoms with van der Waals surface area (Å²) in [5.74, 6) is -1.58. The molecule has 6 nitrogen and oxygen atoms in total. The molecule has 0 saturated carbocycles. The molecule has 2 fully saturated rings. The van der Waals surface area contributed by atoms with Crippen LogP contribution in [0.25, 0.3) is 0 Å². The molecule has 24 heavy (non-hydrogen) atoms. The number of imide groups is 1. The summed E-state index contributed by atoms with van der Waals surface area (Å²) in [5, 5.41) is 4.54. The Labute approximate surface area is 137 Å². The molecule has 2 amide bonds. The van der Waals surface area contributed by atoms with Gasteiger partial charge < -0.3 is 0 Å². The highest BCUT2D eigenvalue weighted by Crippen LogP contribution is 2.62. The number of fused-ring (bicyclic) bond motifs is 8. The van der Waals surface area contributed by atoms with E-state index in [2.05, 4.69) is 5.29 Å². The Kier molecular flexibility index (Phi) is 2.52. The van der Waals surface area contributed by atoms with Gasteiger partial charge in [0.2, 0.25) is 11.8 Å². The fraction of sp³-hybridized carbons (Fsp3) is 0.222. The van der Waals surface area contributed by atoms with E-state index in [1.54, 1.807) is 24.3 Å². The van der Waals surface area contributed by atoms with Gasteiger partial charge in [-0.2, -0.15) is 0 Å². The van der Waals surface area contributed by atoms with Crippen molar-refractivity contribution in [3.05, 3.63) is 70.6 Å². The Bertz CT molecular complexity index is 833. The van der Waals surface area contributed by atoms with Crippen LogP contribution in [0, 0.1) is 16.7 Å². The Balaban J connectivity index is 1.65. The number of nitroso groups, excluding NO2 is 1. The molecule has 118 valence electrons. The van der Waals surface area contributed by atoms with E-state index in [1.165, 1.54) is 9.91 Å². The first-order valence-corrected chi connectivity index (χ1v) is 7.87. The topological polar surface area (TPSA) is 70.1 Å². The lowest BCUT2D eigenvalue weighted by Crippen LogP contribution is -2.34. The molecule has 5 rings (SSSR count). The molecule has 0 unspecified atom stereocenters. The lowest BCUT2D eigenvalue weighted by atomic mass is 9.77. The highest BCUT2D eigenvalue weighted by atomic mass is 16.3. The predicted molar refractivity (Wildman–Crippen MR) is 85.5 cm³/mol. The van der Waals surface area contributed by atoms with Gasteiger partial charge in [-0.3, -0.25) is 9.59 Å². The molecular formula is C18H13N3O3. The molecule has 2 saturated heterocycles. The SMILES string of the molecule is O=NN1[C@@H]2c3ccccc3[C@H]1[C@H]1C(=O)N(c3ccccc3)C(=O)[C@H]12. The van der Waals surface area contributed by atoms with E-state index in [4.69, 9.17) is 0 Å². The molecule has 3 aliphatic heterocycles. The first-order valence-electron chi connectivity index (χ1n) is 7.87. The minimum atomic E-state index is -0.546. The minimum Gasteiger partial charge on any atom is -0.274 e. The van der Waals surface area contributed by atoms with Crippen molar-refractivity contribution in [2.24, 2.45) is 17.1 Å². The number of carbonyl (C=O) groups excluding carboxylic acids is 2. The fourth-order valence-electron chi connectivity index (χ4n) is 4.53. The number of rotatable bonds is 2. The highest BCUT2D eigenvalue weighted by Gasteiger charge is 2.67. The summed E-state index contributed by atoms with van der Waals surface area (Å²) in [6.07, 6.45) is 0. The van der Waals surface area contributed by atoms with Crippen molar-refractivity contribution >= 4 is 17.5 Å². The molecule has 2 aromatic rings. The maximum atomic E-state index is 13.0. The van der Waals surface area contributed by atoms with Crippen LogP contribution >= 0.6 is 0 Å². The van der Waals surface area contributed by atoms with Gasteiger partial charge in [0.1, 0.15) is 0 Å². The van der Waals surface area contributed by atoms with Crippen LogP contribution in [-0.4, -0.2) is 16.8 Å². The fourth-order valence-corrected chi connectivity index (χ4v) is 4.53. The summed E-state index contributed by atoms with van der Waals surface area (Å²) in [6, 6.07) is 15.6. The van der Waals surface area contributed by atoms with E-state index in [-0.39, 0.29) is 11.8 Å². The quantitative estimate of drug-likeness (QED) is 0.630. The Morgan fingerprint density at radius 3 is 1.75 bits per heavy atom. The van der Waals surface area contributed by atoms with Gasteiger partial charge in [-0.15, -0.1) is 4.91 Å². The normalized spacial score (nSPS) is 29.8. The van der Waals surface area contributed by atoms with Gasteiger partial charge in [0.15, 0.2) is 0 Å². The van der Waals surface area contributed by atoms with Crippen LogP contribution in [0.2, 0.25) is 0 Å². The van der Waals surface area contributed by atoms with E-state index >= 15 is 0 Å². The summed E-state index contributed by atoms with van der Waals surface area (Å²) < 4.78 is 0. The molecule has 0 aromatic heterocycles. The van der Waals surface area contributed by atoms with E-state index < -0.39 is 23.9 Å². The summed E-state index contributed by atoms with van der Waals surface area (Å²) >= 11 is 0. The standard InChI is InChI=1S/C18H13N3O3/c22-17-13-14(18(23)20(17)10-6-2-1-3-7-10)16-12-9-5-4-8-11(12)15(13)21(16)19-24/h1-9,13-16H/t13-,14+,15-,16+. The summed E-state index contributed by atoms with van der Waals surface area (Å²) in [7, 11) is 0. The molecule has 0 aliphatic carbocycles. The minimum absolute atomic E-state index is 0.244. The second kappa shape index (κ2) is 4.50. The van der Waals surface area contributed by atoms with Crippen molar-refractivity contribution in [1.82, 2.24) is 5.01 Å². The van der Waals surface area contributed by atoms with Gasteiger partial charge in [0.05, 0.1) is 34.9 Å². The van der Waals surface area contributed by atoms with Crippen molar-refractivity contribution in [2.75, 3.05) is 4.90 Å². The zero-order valence-corrected chi connectivity index (χ0v) is 12.6. The van der Waals surface area contributed by atoms with Crippen molar-refractivity contribution < 1.29 is 9.59 Å². The third-order valence-corrected chi connectivity index (χ3v) is 5.39. The van der Waals surface area contributed by atoms with Crippen LogP contribution in [0.5, 0.6) is 0 Å². The molecule has 0 spiro atoms. The molecule has 0 radical (unpaired) electrons. The van der Waals surface area contributed by atoms with Crippen LogP contribution in [0.3, 0.4) is 0 Å². The number of carbonyl (C=O) groups is 2. The second-order valence-electron chi connectivity index (χ2n) is 6.38. The molecule has 4 atom stereocenters. The van der Waals surface area contributed by atoms with Crippen LogP contribution in [0.4, 0.5) is 5.69 Å². The zero-order valence-electron chi connectivity index (χ0n) is 12.6. The van der Waals surface area contributed by atoms with Crippen LogP contribution < -0.4 is 4.90 Å². The summed E-state index contributed by atoms with van der Waals surface area (Å²) in [4.78, 5) is 38.6. The molecule has 0 N–H and O–H groups in total. The number of para-hydroxylation sites is 1. The van der Waals surface area contributed by atoms with E-state index in [0.29, 0.717) is 5.69 Å². The van der Waals surface area contributed by atoms with E-state index in [1.807, 2.05) is 30.3 Å². The Hall–Kier alpha value is -3.02. The maximum absolute atomic E-state index is 13.0. The number of anilines is 1. The van der Waals surface area contributed by atoms with E-state index in [0.717, 1.165) is 11.1 Å². The molecule has 6 heteroatoms. The van der Waals surface area contributed by atoms with E-state index in [9.17, 15) is 14.5 Å². The molecule has 2 bridgehead atoms. The van der Waals surface area contributed by atoms with Gasteiger partial charge in [0.25, 0.3) is 0 Å². The highest BCUT2D eigenvalue weighted by molar-refractivity contribution is 6.23. The lowest BCUT2D eigenvalue weighted by molar-refractivity contribution is -0.123. The largest absolute Gasteiger partial charge is 0.274 e. The van der Waals surface area contributed by atoms with Crippen LogP contribution in [-0.2, 0) is 9.59 Å². The maximum Gasteiger partial charge on any atom is 0.240 e. The molecule has 3 aliphatic rings. The number of hydrogen-bond acceptors (Lipinski definition) is 4. The van der Waals surface area contributed by atoms with Crippen LogP contribution in [0.15, 0.2) is 59.9 Å². The number of hydrogen-bond donors (Lipinski definition) is 0. The van der Waals surface area contributed by atoms with Crippen LogP contribution in [0.1, 0.15) is 23.2 Å². The molecule has 2 aromatic carbocycles. The monoisotopic (exact) mass is 319 g/mol. The van der Waals surface area contributed by atoms with Gasteiger partial charge in [-0.05, 0) is 23.3 Å². The first-order chi connectivity index (χ1) is 11.7. The van der Waals surface area contributed by atoms with Crippen molar-refractivity contribution in [2.45, 2.75) is 12.1 Å². The number of benzene rings is 2. The average molecular weight is 319 g/mol. The number of amides is 2. The van der Waals surface area contributed by atoms with Gasteiger partial charge >= 0.3 is 0 Å². The lowest BCUT2D eigenvalue weighted by Gasteiger charge is -2.21. The number of nitrogens with zero attached hydrogens (tertiary/aromatic N) is 3.